The topological polar surface area (TPSA) is 30.7 Å². The van der Waals surface area contributed by atoms with Crippen molar-refractivity contribution in [2.24, 2.45) is 0 Å². The second kappa shape index (κ2) is 10.8. The normalized spacial score (nSPS) is 11.9. The smallest absolute Gasteiger partial charge is 0.0972 e. The molecule has 0 bridgehead atoms. The molecule has 3 heteroatoms. The van der Waals surface area contributed by atoms with Crippen molar-refractivity contribution in [3.63, 3.8) is 0 Å². The van der Waals surface area contributed by atoms with Crippen LogP contribution < -0.4 is 0 Å². The number of fused-ring (bicyclic) bond motifs is 12. The Kier molecular flexibility index (Phi) is 5.96. The third-order valence-corrected chi connectivity index (χ3v) is 10.6. The van der Waals surface area contributed by atoms with E-state index in [1.54, 1.807) is 0 Å². The van der Waals surface area contributed by atoms with E-state index in [9.17, 15) is 0 Å². The Labute approximate surface area is 293 Å². The van der Waals surface area contributed by atoms with Crippen LogP contribution in [-0.4, -0.2) is 14.5 Å². The summed E-state index contributed by atoms with van der Waals surface area (Å²) in [5.41, 5.74) is 9.75. The minimum absolute atomic E-state index is 0.918. The molecule has 11 rings (SSSR count). The summed E-state index contributed by atoms with van der Waals surface area (Å²) in [6, 6.07) is 61.4. The van der Waals surface area contributed by atoms with Gasteiger partial charge in [-0.1, -0.05) is 127 Å². The van der Waals surface area contributed by atoms with Gasteiger partial charge in [0.1, 0.15) is 0 Å². The van der Waals surface area contributed by atoms with E-state index in [2.05, 4.69) is 168 Å². The molecule has 0 spiro atoms. The van der Waals surface area contributed by atoms with Gasteiger partial charge in [-0.25, -0.2) is 4.98 Å². The Morgan fingerprint density at radius 2 is 1.00 bits per heavy atom. The van der Waals surface area contributed by atoms with E-state index < -0.39 is 0 Å². The van der Waals surface area contributed by atoms with Crippen molar-refractivity contribution in [1.29, 1.82) is 0 Å². The molecule has 0 fully saturated rings. The van der Waals surface area contributed by atoms with Gasteiger partial charge in [0.15, 0.2) is 0 Å². The molecular weight excluding hydrogens is 619 g/mol. The lowest BCUT2D eigenvalue weighted by Crippen LogP contribution is -1.99. The Balaban J connectivity index is 1.30. The van der Waals surface area contributed by atoms with Gasteiger partial charge in [0.25, 0.3) is 0 Å². The molecule has 0 aliphatic heterocycles. The molecule has 0 amide bonds. The summed E-state index contributed by atoms with van der Waals surface area (Å²) >= 11 is 0. The number of hydrogen-bond acceptors (Lipinski definition) is 2. The lowest BCUT2D eigenvalue weighted by molar-refractivity contribution is 1.20. The van der Waals surface area contributed by atoms with E-state index >= 15 is 0 Å². The van der Waals surface area contributed by atoms with Gasteiger partial charge >= 0.3 is 0 Å². The van der Waals surface area contributed by atoms with Crippen LogP contribution in [0.15, 0.2) is 176 Å². The van der Waals surface area contributed by atoms with Gasteiger partial charge in [0, 0.05) is 38.7 Å². The first-order valence-corrected chi connectivity index (χ1v) is 17.4. The van der Waals surface area contributed by atoms with Gasteiger partial charge in [0.05, 0.1) is 33.4 Å². The fourth-order valence-electron chi connectivity index (χ4n) is 8.26. The third-order valence-electron chi connectivity index (χ3n) is 10.6. The Morgan fingerprint density at radius 1 is 0.373 bits per heavy atom. The van der Waals surface area contributed by atoms with Crippen molar-refractivity contribution in [1.82, 2.24) is 14.5 Å². The highest BCUT2D eigenvalue weighted by Crippen LogP contribution is 2.44. The van der Waals surface area contributed by atoms with Gasteiger partial charge in [-0.15, -0.1) is 0 Å². The minimum Gasteiger partial charge on any atom is -0.309 e. The lowest BCUT2D eigenvalue weighted by Gasteiger charge is -2.18. The summed E-state index contributed by atoms with van der Waals surface area (Å²) in [4.78, 5) is 10.1. The van der Waals surface area contributed by atoms with Gasteiger partial charge in [0.2, 0.25) is 0 Å². The first-order valence-electron chi connectivity index (χ1n) is 17.4. The maximum atomic E-state index is 5.34. The fourth-order valence-corrected chi connectivity index (χ4v) is 8.26. The van der Waals surface area contributed by atoms with Crippen LogP contribution in [0.5, 0.6) is 0 Å². The van der Waals surface area contributed by atoms with E-state index in [4.69, 9.17) is 9.97 Å². The van der Waals surface area contributed by atoms with Gasteiger partial charge < -0.3 is 4.57 Å². The minimum atomic E-state index is 0.918. The number of aromatic nitrogens is 3. The molecule has 51 heavy (non-hydrogen) atoms. The van der Waals surface area contributed by atoms with Crippen molar-refractivity contribution in [3.05, 3.63) is 176 Å². The van der Waals surface area contributed by atoms with Gasteiger partial charge in [-0.3, -0.25) is 4.98 Å². The lowest BCUT2D eigenvalue weighted by atomic mass is 9.91. The zero-order valence-corrected chi connectivity index (χ0v) is 27.6. The fraction of sp³-hybridized carbons (Fsp3) is 0. The molecule has 11 aromatic rings. The first-order chi connectivity index (χ1) is 25.3. The van der Waals surface area contributed by atoms with Crippen molar-refractivity contribution in [2.45, 2.75) is 0 Å². The van der Waals surface area contributed by atoms with Crippen LogP contribution in [0.1, 0.15) is 0 Å². The van der Waals surface area contributed by atoms with Crippen LogP contribution in [0.2, 0.25) is 0 Å². The highest BCUT2D eigenvalue weighted by atomic mass is 15.0. The summed E-state index contributed by atoms with van der Waals surface area (Å²) < 4.78 is 2.48. The highest BCUT2D eigenvalue weighted by molar-refractivity contribution is 6.28. The molecule has 236 valence electrons. The number of nitrogens with zero attached hydrogens (tertiary/aromatic N) is 3. The summed E-state index contributed by atoms with van der Waals surface area (Å²) in [6.07, 6.45) is 1.85. The van der Waals surface area contributed by atoms with Crippen molar-refractivity contribution in [2.75, 3.05) is 0 Å². The summed E-state index contributed by atoms with van der Waals surface area (Å²) in [5, 5.41) is 12.0. The molecule has 0 aliphatic carbocycles. The van der Waals surface area contributed by atoms with Crippen molar-refractivity contribution >= 4 is 75.9 Å². The summed E-state index contributed by atoms with van der Waals surface area (Å²) in [5.74, 6) is 0. The molecule has 0 N–H and O–H groups in total. The van der Waals surface area contributed by atoms with Crippen LogP contribution in [0, 0.1) is 0 Å². The quantitative estimate of drug-likeness (QED) is 0.179. The molecule has 3 nitrogen and oxygen atoms in total. The van der Waals surface area contributed by atoms with E-state index in [1.165, 1.54) is 65.3 Å². The maximum absolute atomic E-state index is 5.34. The monoisotopic (exact) mass is 647 g/mol. The predicted molar refractivity (Wildman–Crippen MR) is 215 cm³/mol. The van der Waals surface area contributed by atoms with E-state index in [-0.39, 0.29) is 0 Å². The van der Waals surface area contributed by atoms with Crippen molar-refractivity contribution in [3.8, 4) is 28.1 Å². The number of hydrogen-bond donors (Lipinski definition) is 0. The Morgan fingerprint density at radius 3 is 1.82 bits per heavy atom. The standard InChI is InChI=1S/C48H29N3/c1-2-11-30(12-3-1)33-23-25-44-40(27-33)38-17-8-9-19-43(38)51(44)45-29-34(42-24-22-32-21-20-31-13-10-26-49-47(31)48(32)50-42)28-41-37-16-5-4-14-35(37)36-15-6-7-18-39(36)46(41)45/h1-29H. The molecular formula is C48H29N3. The van der Waals surface area contributed by atoms with E-state index in [0.717, 1.165) is 38.8 Å². The highest BCUT2D eigenvalue weighted by Gasteiger charge is 2.20. The molecule has 0 radical (unpaired) electrons. The SMILES string of the molecule is c1ccc(-c2ccc3c(c2)c2ccccc2n3-c2cc(-c3ccc4ccc5cccnc5c4n3)cc3c4ccccc4c4ccccc4c23)cc1. The Bertz CT molecular complexity index is 3190. The molecule has 0 saturated heterocycles. The van der Waals surface area contributed by atoms with Crippen LogP contribution in [0.25, 0.3) is 104 Å². The summed E-state index contributed by atoms with van der Waals surface area (Å²) in [6.45, 7) is 0. The maximum Gasteiger partial charge on any atom is 0.0972 e. The average molecular weight is 648 g/mol. The molecule has 3 heterocycles. The Hall–Kier alpha value is -6.84. The molecule has 0 aliphatic rings. The van der Waals surface area contributed by atoms with Crippen LogP contribution >= 0.6 is 0 Å². The van der Waals surface area contributed by atoms with Crippen molar-refractivity contribution < 1.29 is 0 Å². The summed E-state index contributed by atoms with van der Waals surface area (Å²) in [7, 11) is 0. The van der Waals surface area contributed by atoms with Crippen LogP contribution in [0.4, 0.5) is 0 Å². The zero-order valence-electron chi connectivity index (χ0n) is 27.6. The third kappa shape index (κ3) is 4.19. The van der Waals surface area contributed by atoms with E-state index in [1.807, 2.05) is 12.3 Å². The second-order valence-corrected chi connectivity index (χ2v) is 13.4. The van der Waals surface area contributed by atoms with Gasteiger partial charge in [-0.2, -0.15) is 0 Å². The molecule has 0 atom stereocenters. The zero-order chi connectivity index (χ0) is 33.5. The molecule has 0 unspecified atom stereocenters. The number of pyridine rings is 2. The first kappa shape index (κ1) is 28.0. The average Bonchev–Trinajstić information content (AvgIpc) is 3.54. The second-order valence-electron chi connectivity index (χ2n) is 13.4. The molecule has 0 saturated carbocycles. The van der Waals surface area contributed by atoms with Crippen LogP contribution in [-0.2, 0) is 0 Å². The number of benzene rings is 8. The molecule has 8 aromatic carbocycles. The predicted octanol–water partition coefficient (Wildman–Crippen LogP) is 12.7. The van der Waals surface area contributed by atoms with Crippen LogP contribution in [0.3, 0.4) is 0 Å². The van der Waals surface area contributed by atoms with E-state index in [0.29, 0.717) is 0 Å². The largest absolute Gasteiger partial charge is 0.309 e. The van der Waals surface area contributed by atoms with Gasteiger partial charge in [-0.05, 0) is 80.5 Å². The molecule has 3 aromatic heterocycles. The number of rotatable bonds is 3. The number of para-hydroxylation sites is 1.